The lowest BCUT2D eigenvalue weighted by Gasteiger charge is -2.26. The molecule has 4 rings (SSSR count). The molecular formula is C19H13ClF3N3O2. The van der Waals surface area contributed by atoms with E-state index in [1.165, 1.54) is 18.5 Å². The summed E-state index contributed by atoms with van der Waals surface area (Å²) >= 11 is 6.28. The summed E-state index contributed by atoms with van der Waals surface area (Å²) in [6, 6.07) is 11.9. The second-order valence-corrected chi connectivity index (χ2v) is 6.44. The second kappa shape index (κ2) is 7.20. The summed E-state index contributed by atoms with van der Waals surface area (Å²) in [6.45, 7) is -0.155. The van der Waals surface area contributed by atoms with Crippen molar-refractivity contribution in [1.29, 1.82) is 0 Å². The summed E-state index contributed by atoms with van der Waals surface area (Å²) in [5.74, 6) is 0.135. The van der Waals surface area contributed by atoms with Gasteiger partial charge in [0.25, 0.3) is 6.23 Å². The maximum atomic E-state index is 13.5. The highest BCUT2D eigenvalue weighted by molar-refractivity contribution is 6.33. The van der Waals surface area contributed by atoms with E-state index in [1.807, 2.05) is 0 Å². The summed E-state index contributed by atoms with van der Waals surface area (Å²) in [5, 5.41) is 4.09. The highest BCUT2D eigenvalue weighted by Gasteiger charge is 2.51. The molecule has 0 amide bonds. The van der Waals surface area contributed by atoms with Gasteiger partial charge in [0.1, 0.15) is 0 Å². The molecule has 3 heterocycles. The molecule has 0 fully saturated rings. The Hall–Kier alpha value is -3.00. The van der Waals surface area contributed by atoms with E-state index in [2.05, 4.69) is 10.1 Å². The Labute approximate surface area is 163 Å². The van der Waals surface area contributed by atoms with Crippen molar-refractivity contribution in [3.8, 4) is 11.1 Å². The predicted molar refractivity (Wildman–Crippen MR) is 96.4 cm³/mol. The van der Waals surface area contributed by atoms with E-state index in [0.717, 1.165) is 4.90 Å². The Morgan fingerprint density at radius 1 is 1.07 bits per heavy atom. The van der Waals surface area contributed by atoms with Crippen molar-refractivity contribution in [1.82, 2.24) is 9.88 Å². The third-order valence-corrected chi connectivity index (χ3v) is 4.55. The van der Waals surface area contributed by atoms with Crippen LogP contribution in [0.4, 0.5) is 13.2 Å². The Kier molecular flexibility index (Phi) is 4.72. The molecule has 1 aliphatic rings. The van der Waals surface area contributed by atoms with Crippen LogP contribution in [0.2, 0.25) is 5.02 Å². The minimum atomic E-state index is -4.65. The highest BCUT2D eigenvalue weighted by atomic mass is 35.5. The van der Waals surface area contributed by atoms with Gasteiger partial charge in [-0.1, -0.05) is 35.0 Å². The quantitative estimate of drug-likeness (QED) is 0.605. The van der Waals surface area contributed by atoms with Gasteiger partial charge in [0.15, 0.2) is 5.76 Å². The van der Waals surface area contributed by atoms with Crippen molar-refractivity contribution in [2.24, 2.45) is 5.16 Å². The van der Waals surface area contributed by atoms with E-state index in [9.17, 15) is 13.2 Å². The zero-order valence-corrected chi connectivity index (χ0v) is 15.0. The van der Waals surface area contributed by atoms with Crippen LogP contribution < -0.4 is 0 Å². The third-order valence-electron chi connectivity index (χ3n) is 4.22. The average Bonchev–Trinajstić information content (AvgIpc) is 3.32. The van der Waals surface area contributed by atoms with Gasteiger partial charge in [-0.15, -0.1) is 0 Å². The fourth-order valence-corrected chi connectivity index (χ4v) is 3.22. The van der Waals surface area contributed by atoms with Crippen LogP contribution in [-0.4, -0.2) is 28.1 Å². The van der Waals surface area contributed by atoms with Crippen molar-refractivity contribution in [2.45, 2.75) is 18.9 Å². The average molecular weight is 408 g/mol. The Morgan fingerprint density at radius 3 is 2.61 bits per heavy atom. The zero-order valence-electron chi connectivity index (χ0n) is 14.2. The molecule has 0 spiro atoms. The number of amidine groups is 1. The van der Waals surface area contributed by atoms with Gasteiger partial charge >= 0.3 is 6.18 Å². The standard InChI is InChI=1S/C19H13ClF3N3O2/c20-15-5-2-1-4-14(15)13-7-8-24-10-12(13)11-26-17(16-6-3-9-27-16)25-28-18(26)19(21,22)23/h1-10,18H,11H2. The number of oxime groups is 1. The number of furan rings is 1. The molecule has 28 heavy (non-hydrogen) atoms. The van der Waals surface area contributed by atoms with Crippen LogP contribution in [-0.2, 0) is 11.4 Å². The molecule has 9 heteroatoms. The molecule has 0 N–H and O–H groups in total. The molecule has 3 aromatic rings. The number of halogens is 4. The Morgan fingerprint density at radius 2 is 1.89 bits per heavy atom. The first-order chi connectivity index (χ1) is 13.4. The zero-order chi connectivity index (χ0) is 19.7. The van der Waals surface area contributed by atoms with Crippen LogP contribution in [0.3, 0.4) is 0 Å². The number of pyridine rings is 1. The predicted octanol–water partition coefficient (Wildman–Crippen LogP) is 5.08. The number of rotatable bonds is 4. The van der Waals surface area contributed by atoms with Crippen molar-refractivity contribution >= 4 is 17.4 Å². The number of hydrogen-bond donors (Lipinski definition) is 0. The molecule has 1 aliphatic heterocycles. The van der Waals surface area contributed by atoms with Gasteiger partial charge in [-0.05, 0) is 35.4 Å². The minimum Gasteiger partial charge on any atom is -0.461 e. The maximum absolute atomic E-state index is 13.5. The van der Waals surface area contributed by atoms with Crippen LogP contribution in [0, 0.1) is 0 Å². The van der Waals surface area contributed by atoms with E-state index in [-0.39, 0.29) is 18.1 Å². The van der Waals surface area contributed by atoms with Crippen LogP contribution in [0.25, 0.3) is 11.1 Å². The van der Waals surface area contributed by atoms with Crippen LogP contribution in [0.15, 0.2) is 70.7 Å². The molecule has 2 aromatic heterocycles. The summed E-state index contributed by atoms with van der Waals surface area (Å²) in [5.41, 5.74) is 1.91. The molecule has 0 aliphatic carbocycles. The van der Waals surface area contributed by atoms with Gasteiger partial charge < -0.3 is 14.2 Å². The lowest BCUT2D eigenvalue weighted by Crippen LogP contribution is -2.45. The van der Waals surface area contributed by atoms with Crippen molar-refractivity contribution in [2.75, 3.05) is 0 Å². The highest BCUT2D eigenvalue weighted by Crippen LogP contribution is 2.35. The molecule has 0 saturated heterocycles. The second-order valence-electron chi connectivity index (χ2n) is 6.03. The van der Waals surface area contributed by atoms with Gasteiger partial charge in [-0.25, -0.2) is 0 Å². The van der Waals surface area contributed by atoms with E-state index >= 15 is 0 Å². The van der Waals surface area contributed by atoms with E-state index in [0.29, 0.717) is 21.7 Å². The summed E-state index contributed by atoms with van der Waals surface area (Å²) in [6.07, 6.45) is -2.46. The molecule has 1 unspecified atom stereocenters. The van der Waals surface area contributed by atoms with Crippen molar-refractivity contribution in [3.63, 3.8) is 0 Å². The van der Waals surface area contributed by atoms with Gasteiger partial charge in [0.2, 0.25) is 5.84 Å². The van der Waals surface area contributed by atoms with Crippen LogP contribution >= 0.6 is 11.6 Å². The molecule has 0 bridgehead atoms. The number of hydrogen-bond acceptors (Lipinski definition) is 5. The number of benzene rings is 1. The van der Waals surface area contributed by atoms with Gasteiger partial charge in [0.05, 0.1) is 12.8 Å². The van der Waals surface area contributed by atoms with E-state index in [4.69, 9.17) is 20.9 Å². The monoisotopic (exact) mass is 407 g/mol. The molecular weight excluding hydrogens is 395 g/mol. The van der Waals surface area contributed by atoms with Crippen LogP contribution in [0.1, 0.15) is 11.3 Å². The largest absolute Gasteiger partial charge is 0.461 e. The van der Waals surface area contributed by atoms with Crippen LogP contribution in [0.5, 0.6) is 0 Å². The molecule has 0 radical (unpaired) electrons. The van der Waals surface area contributed by atoms with Crippen molar-refractivity contribution < 1.29 is 22.4 Å². The summed E-state index contributed by atoms with van der Waals surface area (Å²) < 4.78 is 45.8. The van der Waals surface area contributed by atoms with Gasteiger partial charge in [0, 0.05) is 23.0 Å². The van der Waals surface area contributed by atoms with E-state index < -0.39 is 12.4 Å². The molecule has 5 nitrogen and oxygen atoms in total. The normalized spacial score (nSPS) is 16.8. The SMILES string of the molecule is FC(F)(F)C1ON=C(c2ccco2)N1Cc1cnccc1-c1ccccc1Cl. The molecule has 1 aromatic carbocycles. The van der Waals surface area contributed by atoms with E-state index in [1.54, 1.807) is 42.6 Å². The first kappa shape index (κ1) is 18.4. The molecule has 144 valence electrons. The fraction of sp³-hybridized carbons (Fsp3) is 0.158. The third kappa shape index (κ3) is 3.43. The topological polar surface area (TPSA) is 50.9 Å². The molecule has 0 saturated carbocycles. The van der Waals surface area contributed by atoms with Crippen molar-refractivity contribution in [3.05, 3.63) is 77.5 Å². The maximum Gasteiger partial charge on any atom is 0.448 e. The number of alkyl halides is 3. The summed E-state index contributed by atoms with van der Waals surface area (Å²) in [4.78, 5) is 9.75. The number of aromatic nitrogens is 1. The first-order valence-corrected chi connectivity index (χ1v) is 8.62. The number of nitrogens with zero attached hydrogens (tertiary/aromatic N) is 3. The van der Waals surface area contributed by atoms with Gasteiger partial charge in [-0.2, -0.15) is 13.2 Å². The lowest BCUT2D eigenvalue weighted by molar-refractivity contribution is -0.245. The summed E-state index contributed by atoms with van der Waals surface area (Å²) in [7, 11) is 0. The first-order valence-electron chi connectivity index (χ1n) is 8.24. The van der Waals surface area contributed by atoms with Gasteiger partial charge in [-0.3, -0.25) is 4.98 Å². The Bertz CT molecular complexity index is 1010. The lowest BCUT2D eigenvalue weighted by atomic mass is 10.0. The Balaban J connectivity index is 1.74. The minimum absolute atomic E-state index is 0.0405. The fourth-order valence-electron chi connectivity index (χ4n) is 2.99. The molecule has 1 atom stereocenters. The smallest absolute Gasteiger partial charge is 0.448 e.